The second-order valence-electron chi connectivity index (χ2n) is 7.76. The van der Waals surface area contributed by atoms with Gasteiger partial charge in [-0.15, -0.1) is 0 Å². The quantitative estimate of drug-likeness (QED) is 0.872. The van der Waals surface area contributed by atoms with Gasteiger partial charge in [0.1, 0.15) is 5.75 Å². The summed E-state index contributed by atoms with van der Waals surface area (Å²) in [5, 5.41) is 0. The predicted molar refractivity (Wildman–Crippen MR) is 102 cm³/mol. The Morgan fingerprint density at radius 2 is 1.81 bits per heavy atom. The van der Waals surface area contributed by atoms with E-state index < -0.39 is 11.6 Å². The highest BCUT2D eigenvalue weighted by atomic mass is 16.5. The van der Waals surface area contributed by atoms with E-state index >= 15 is 0 Å². The van der Waals surface area contributed by atoms with Gasteiger partial charge in [0, 0.05) is 25.2 Å². The van der Waals surface area contributed by atoms with Gasteiger partial charge < -0.3 is 20.3 Å². The molecule has 26 heavy (non-hydrogen) atoms. The molecular formula is C20H31N3O3. The van der Waals surface area contributed by atoms with Gasteiger partial charge in [0.2, 0.25) is 5.91 Å². The molecule has 1 aromatic carbocycles. The number of nitrogens with two attached hydrogens (primary N) is 1. The molecule has 1 unspecified atom stereocenters. The molecule has 1 heterocycles. The van der Waals surface area contributed by atoms with Gasteiger partial charge in [-0.05, 0) is 51.0 Å². The van der Waals surface area contributed by atoms with Crippen LogP contribution in [0.5, 0.6) is 5.75 Å². The molecule has 1 aliphatic heterocycles. The van der Waals surface area contributed by atoms with Crippen molar-refractivity contribution in [1.29, 1.82) is 0 Å². The summed E-state index contributed by atoms with van der Waals surface area (Å²) in [4.78, 5) is 29.1. The zero-order valence-electron chi connectivity index (χ0n) is 16.5. The minimum absolute atomic E-state index is 0.0293. The topological polar surface area (TPSA) is 75.9 Å². The Balaban J connectivity index is 2.10. The molecule has 1 saturated heterocycles. The second-order valence-corrected chi connectivity index (χ2v) is 7.76. The van der Waals surface area contributed by atoms with Crippen LogP contribution in [0.2, 0.25) is 0 Å². The number of rotatable bonds is 5. The number of ether oxygens (including phenoxy) is 1. The van der Waals surface area contributed by atoms with Crippen LogP contribution in [0.15, 0.2) is 24.3 Å². The summed E-state index contributed by atoms with van der Waals surface area (Å²) in [5.41, 5.74) is 6.19. The fraction of sp³-hybridized carbons (Fsp3) is 0.600. The van der Waals surface area contributed by atoms with Crippen LogP contribution in [0.3, 0.4) is 0 Å². The molecular weight excluding hydrogens is 330 g/mol. The number of hydrogen-bond acceptors (Lipinski definition) is 4. The van der Waals surface area contributed by atoms with E-state index in [-0.39, 0.29) is 17.7 Å². The Morgan fingerprint density at radius 1 is 1.19 bits per heavy atom. The molecule has 2 rings (SSSR count). The standard InChI is InChI=1S/C20H31N3O3/c1-6-26-16-9-7-15(8-10-16)18(24)23-12-11-22(13-20(23,4)5)19(25)17(21)14(2)3/h7-10,14,17H,6,11-13,21H2,1-5H3. The van der Waals surface area contributed by atoms with E-state index in [1.807, 2.05) is 51.7 Å². The van der Waals surface area contributed by atoms with E-state index in [1.54, 1.807) is 17.0 Å². The molecule has 6 heteroatoms. The Bertz CT molecular complexity index is 640. The van der Waals surface area contributed by atoms with E-state index in [1.165, 1.54) is 0 Å². The van der Waals surface area contributed by atoms with E-state index in [4.69, 9.17) is 10.5 Å². The van der Waals surface area contributed by atoms with E-state index in [9.17, 15) is 9.59 Å². The van der Waals surface area contributed by atoms with Gasteiger partial charge in [-0.25, -0.2) is 0 Å². The molecule has 1 aromatic rings. The van der Waals surface area contributed by atoms with Gasteiger partial charge in [0.15, 0.2) is 0 Å². The second kappa shape index (κ2) is 8.08. The first-order valence-electron chi connectivity index (χ1n) is 9.26. The van der Waals surface area contributed by atoms with Crippen LogP contribution in [0, 0.1) is 5.92 Å². The Kier molecular flexibility index (Phi) is 6.29. The van der Waals surface area contributed by atoms with Gasteiger partial charge in [-0.2, -0.15) is 0 Å². The monoisotopic (exact) mass is 361 g/mol. The average molecular weight is 361 g/mol. The van der Waals surface area contributed by atoms with Crippen molar-refractivity contribution in [2.75, 3.05) is 26.2 Å². The number of piperazine rings is 1. The number of carbonyl (C=O) groups is 2. The largest absolute Gasteiger partial charge is 0.494 e. The van der Waals surface area contributed by atoms with Crippen LogP contribution in [0.25, 0.3) is 0 Å². The number of nitrogens with zero attached hydrogens (tertiary/aromatic N) is 2. The minimum atomic E-state index is -0.501. The fourth-order valence-electron chi connectivity index (χ4n) is 3.23. The van der Waals surface area contributed by atoms with Crippen molar-refractivity contribution in [2.45, 2.75) is 46.2 Å². The van der Waals surface area contributed by atoms with E-state index in [2.05, 4.69) is 0 Å². The van der Waals surface area contributed by atoms with Crippen LogP contribution in [0.4, 0.5) is 0 Å². The molecule has 0 saturated carbocycles. The zero-order chi connectivity index (χ0) is 19.5. The molecule has 0 spiro atoms. The number of carbonyl (C=O) groups excluding carboxylic acids is 2. The zero-order valence-corrected chi connectivity index (χ0v) is 16.5. The normalized spacial score (nSPS) is 18.0. The van der Waals surface area contributed by atoms with Gasteiger partial charge in [-0.3, -0.25) is 9.59 Å². The molecule has 2 amide bonds. The van der Waals surface area contributed by atoms with Gasteiger partial charge in [-0.1, -0.05) is 13.8 Å². The molecule has 1 fully saturated rings. The first-order valence-corrected chi connectivity index (χ1v) is 9.26. The maximum atomic E-state index is 13.0. The highest BCUT2D eigenvalue weighted by Crippen LogP contribution is 2.25. The van der Waals surface area contributed by atoms with E-state index in [0.29, 0.717) is 31.8 Å². The molecule has 1 aliphatic rings. The lowest BCUT2D eigenvalue weighted by atomic mass is 9.95. The summed E-state index contributed by atoms with van der Waals surface area (Å²) in [5.74, 6) is 0.773. The number of amides is 2. The van der Waals surface area contributed by atoms with Crippen LogP contribution < -0.4 is 10.5 Å². The third-order valence-corrected chi connectivity index (χ3v) is 4.87. The Morgan fingerprint density at radius 3 is 2.31 bits per heavy atom. The maximum absolute atomic E-state index is 13.0. The molecule has 1 atom stereocenters. The summed E-state index contributed by atoms with van der Waals surface area (Å²) in [6.45, 7) is 11.9. The molecule has 144 valence electrons. The molecule has 0 bridgehead atoms. The van der Waals surface area contributed by atoms with E-state index in [0.717, 1.165) is 5.75 Å². The fourth-order valence-corrected chi connectivity index (χ4v) is 3.23. The van der Waals surface area contributed by atoms with Crippen LogP contribution >= 0.6 is 0 Å². The third kappa shape index (κ3) is 4.36. The molecule has 2 N–H and O–H groups in total. The van der Waals surface area contributed by atoms with Crippen LogP contribution in [-0.2, 0) is 4.79 Å². The van der Waals surface area contributed by atoms with Crippen LogP contribution in [0.1, 0.15) is 45.0 Å². The summed E-state index contributed by atoms with van der Waals surface area (Å²) >= 11 is 0. The number of hydrogen-bond donors (Lipinski definition) is 1. The SMILES string of the molecule is CCOc1ccc(C(=O)N2CCN(C(=O)C(N)C(C)C)CC2(C)C)cc1. The van der Waals surface area contributed by atoms with Crippen molar-refractivity contribution in [3.8, 4) is 5.75 Å². The molecule has 0 aromatic heterocycles. The van der Waals surface area contributed by atoms with Crippen molar-refractivity contribution >= 4 is 11.8 Å². The summed E-state index contributed by atoms with van der Waals surface area (Å²) in [6, 6.07) is 6.70. The summed E-state index contributed by atoms with van der Waals surface area (Å²) < 4.78 is 5.43. The van der Waals surface area contributed by atoms with Crippen molar-refractivity contribution in [2.24, 2.45) is 11.7 Å². The maximum Gasteiger partial charge on any atom is 0.254 e. The third-order valence-electron chi connectivity index (χ3n) is 4.87. The molecule has 0 radical (unpaired) electrons. The molecule has 6 nitrogen and oxygen atoms in total. The first kappa shape index (κ1) is 20.2. The lowest BCUT2D eigenvalue weighted by Gasteiger charge is -2.47. The first-order chi connectivity index (χ1) is 12.2. The highest BCUT2D eigenvalue weighted by Gasteiger charge is 2.39. The van der Waals surface area contributed by atoms with Crippen molar-refractivity contribution in [3.63, 3.8) is 0 Å². The van der Waals surface area contributed by atoms with Gasteiger partial charge >= 0.3 is 0 Å². The number of benzene rings is 1. The minimum Gasteiger partial charge on any atom is -0.494 e. The highest BCUT2D eigenvalue weighted by molar-refractivity contribution is 5.95. The van der Waals surface area contributed by atoms with Gasteiger partial charge in [0.05, 0.1) is 18.2 Å². The molecule has 0 aliphatic carbocycles. The lowest BCUT2D eigenvalue weighted by molar-refractivity contribution is -0.137. The Labute approximate surface area is 156 Å². The van der Waals surface area contributed by atoms with Crippen molar-refractivity contribution < 1.29 is 14.3 Å². The summed E-state index contributed by atoms with van der Waals surface area (Å²) in [6.07, 6.45) is 0. The van der Waals surface area contributed by atoms with Gasteiger partial charge in [0.25, 0.3) is 5.91 Å². The van der Waals surface area contributed by atoms with Crippen molar-refractivity contribution in [3.05, 3.63) is 29.8 Å². The smallest absolute Gasteiger partial charge is 0.254 e. The van der Waals surface area contributed by atoms with Crippen molar-refractivity contribution in [1.82, 2.24) is 9.80 Å². The lowest BCUT2D eigenvalue weighted by Crippen LogP contribution is -2.64. The predicted octanol–water partition coefficient (Wildman–Crippen LogP) is 2.13. The summed E-state index contributed by atoms with van der Waals surface area (Å²) in [7, 11) is 0. The average Bonchev–Trinajstić information content (AvgIpc) is 2.59. The van der Waals surface area contributed by atoms with Crippen LogP contribution in [-0.4, -0.2) is 59.4 Å². The Hall–Kier alpha value is -2.08.